The number of nitrogens with one attached hydrogen (secondary N) is 1. The molecule has 0 heterocycles. The van der Waals surface area contributed by atoms with E-state index in [0.29, 0.717) is 23.0 Å². The molecule has 0 aliphatic carbocycles. The van der Waals surface area contributed by atoms with Crippen molar-refractivity contribution in [1.29, 1.82) is 0 Å². The normalized spacial score (nSPS) is 10.5. The number of carbonyl (C=O) groups excluding carboxylic acids is 1. The SMILES string of the molecule is Cc1ccc(N)c(C)c1NC(=O)c1ccc(F)c(F)c1F. The van der Waals surface area contributed by atoms with Gasteiger partial charge in [-0.05, 0) is 43.2 Å². The maximum atomic E-state index is 13.6. The van der Waals surface area contributed by atoms with Crippen LogP contribution in [0.5, 0.6) is 0 Å². The summed E-state index contributed by atoms with van der Waals surface area (Å²) in [7, 11) is 0. The van der Waals surface area contributed by atoms with Crippen LogP contribution in [-0.2, 0) is 0 Å². The van der Waals surface area contributed by atoms with E-state index in [-0.39, 0.29) is 0 Å². The Hall–Kier alpha value is -2.50. The summed E-state index contributed by atoms with van der Waals surface area (Å²) in [5.74, 6) is -5.42. The number of hydrogen-bond acceptors (Lipinski definition) is 2. The molecule has 2 aromatic rings. The van der Waals surface area contributed by atoms with Gasteiger partial charge in [-0.25, -0.2) is 13.2 Å². The highest BCUT2D eigenvalue weighted by Gasteiger charge is 2.20. The molecule has 0 spiro atoms. The summed E-state index contributed by atoms with van der Waals surface area (Å²) in [6, 6.07) is 4.96. The van der Waals surface area contributed by atoms with E-state index in [1.807, 2.05) is 0 Å². The van der Waals surface area contributed by atoms with Gasteiger partial charge in [0.1, 0.15) is 0 Å². The van der Waals surface area contributed by atoms with Crippen LogP contribution in [0.15, 0.2) is 24.3 Å². The van der Waals surface area contributed by atoms with E-state index >= 15 is 0 Å². The Labute approximate surface area is 119 Å². The van der Waals surface area contributed by atoms with Gasteiger partial charge in [-0.2, -0.15) is 0 Å². The molecule has 0 fully saturated rings. The molecule has 0 saturated heterocycles. The molecular formula is C15H13F3N2O. The van der Waals surface area contributed by atoms with Crippen molar-refractivity contribution in [3.63, 3.8) is 0 Å². The van der Waals surface area contributed by atoms with Gasteiger partial charge in [-0.3, -0.25) is 4.79 Å². The largest absolute Gasteiger partial charge is 0.398 e. The minimum Gasteiger partial charge on any atom is -0.398 e. The van der Waals surface area contributed by atoms with Gasteiger partial charge in [0, 0.05) is 11.4 Å². The number of rotatable bonds is 2. The molecule has 2 rings (SSSR count). The molecule has 1 amide bonds. The summed E-state index contributed by atoms with van der Waals surface area (Å²) < 4.78 is 39.6. The van der Waals surface area contributed by atoms with Gasteiger partial charge in [0.05, 0.1) is 5.56 Å². The third-order valence-corrected chi connectivity index (χ3v) is 3.23. The van der Waals surface area contributed by atoms with Crippen LogP contribution >= 0.6 is 0 Å². The fourth-order valence-corrected chi connectivity index (χ4v) is 1.94. The van der Waals surface area contributed by atoms with Crippen LogP contribution in [0.4, 0.5) is 24.5 Å². The molecule has 0 saturated carbocycles. The Bertz CT molecular complexity index is 729. The van der Waals surface area contributed by atoms with Crippen LogP contribution < -0.4 is 11.1 Å². The second-order valence-electron chi connectivity index (χ2n) is 4.65. The van der Waals surface area contributed by atoms with Gasteiger partial charge in [-0.15, -0.1) is 0 Å². The molecule has 0 aromatic heterocycles. The van der Waals surface area contributed by atoms with Crippen molar-refractivity contribution in [3.05, 3.63) is 58.4 Å². The number of nitrogens with two attached hydrogens (primary N) is 1. The summed E-state index contributed by atoms with van der Waals surface area (Å²) in [6.07, 6.45) is 0. The van der Waals surface area contributed by atoms with Crippen molar-refractivity contribution in [2.45, 2.75) is 13.8 Å². The fraction of sp³-hybridized carbons (Fsp3) is 0.133. The minimum absolute atomic E-state index is 0.420. The van der Waals surface area contributed by atoms with Crippen LogP contribution in [0.1, 0.15) is 21.5 Å². The molecule has 0 bridgehead atoms. The lowest BCUT2D eigenvalue weighted by molar-refractivity contribution is 0.102. The lowest BCUT2D eigenvalue weighted by Crippen LogP contribution is -2.17. The summed E-state index contributed by atoms with van der Waals surface area (Å²) in [5.41, 5.74) is 7.39. The van der Waals surface area contributed by atoms with Gasteiger partial charge in [-0.1, -0.05) is 6.07 Å². The van der Waals surface area contributed by atoms with Gasteiger partial charge >= 0.3 is 0 Å². The number of halogens is 3. The van der Waals surface area contributed by atoms with Gasteiger partial charge in [0.25, 0.3) is 5.91 Å². The van der Waals surface area contributed by atoms with Crippen molar-refractivity contribution in [2.75, 3.05) is 11.1 Å². The maximum absolute atomic E-state index is 13.6. The highest BCUT2D eigenvalue weighted by molar-refractivity contribution is 6.05. The van der Waals surface area contributed by atoms with Crippen molar-refractivity contribution >= 4 is 17.3 Å². The Kier molecular flexibility index (Phi) is 3.88. The van der Waals surface area contributed by atoms with Crippen molar-refractivity contribution in [1.82, 2.24) is 0 Å². The Morgan fingerprint density at radius 1 is 1.05 bits per heavy atom. The van der Waals surface area contributed by atoms with Gasteiger partial charge < -0.3 is 11.1 Å². The van der Waals surface area contributed by atoms with Gasteiger partial charge in [0.2, 0.25) is 0 Å². The Morgan fingerprint density at radius 3 is 2.38 bits per heavy atom. The molecule has 6 heteroatoms. The summed E-state index contributed by atoms with van der Waals surface area (Å²) in [4.78, 5) is 12.0. The highest BCUT2D eigenvalue weighted by atomic mass is 19.2. The first-order valence-electron chi connectivity index (χ1n) is 6.13. The van der Waals surface area contributed by atoms with Crippen molar-refractivity contribution in [3.8, 4) is 0 Å². The number of carbonyl (C=O) groups is 1. The monoisotopic (exact) mass is 294 g/mol. The topological polar surface area (TPSA) is 55.1 Å². The Balaban J connectivity index is 2.40. The van der Waals surface area contributed by atoms with E-state index in [1.54, 1.807) is 26.0 Å². The van der Waals surface area contributed by atoms with E-state index in [9.17, 15) is 18.0 Å². The molecule has 0 aliphatic heterocycles. The van der Waals surface area contributed by atoms with E-state index < -0.39 is 28.9 Å². The maximum Gasteiger partial charge on any atom is 0.258 e. The molecule has 0 aliphatic rings. The molecule has 0 unspecified atom stereocenters. The van der Waals surface area contributed by atoms with Crippen LogP contribution in [0.2, 0.25) is 0 Å². The third-order valence-electron chi connectivity index (χ3n) is 3.23. The number of hydrogen-bond donors (Lipinski definition) is 2. The number of benzene rings is 2. The molecule has 0 radical (unpaired) electrons. The summed E-state index contributed by atoms with van der Waals surface area (Å²) in [6.45, 7) is 3.43. The average molecular weight is 294 g/mol. The fourth-order valence-electron chi connectivity index (χ4n) is 1.94. The zero-order chi connectivity index (χ0) is 15.7. The number of nitrogen functional groups attached to an aromatic ring is 1. The second kappa shape index (κ2) is 5.47. The van der Waals surface area contributed by atoms with Crippen molar-refractivity contribution in [2.24, 2.45) is 0 Å². The smallest absolute Gasteiger partial charge is 0.258 e. The highest BCUT2D eigenvalue weighted by Crippen LogP contribution is 2.26. The molecule has 21 heavy (non-hydrogen) atoms. The number of amides is 1. The Morgan fingerprint density at radius 2 is 1.71 bits per heavy atom. The first kappa shape index (κ1) is 14.9. The van der Waals surface area contributed by atoms with E-state index in [0.717, 1.165) is 11.6 Å². The van der Waals surface area contributed by atoms with Crippen molar-refractivity contribution < 1.29 is 18.0 Å². The lowest BCUT2D eigenvalue weighted by Gasteiger charge is -2.14. The number of aryl methyl sites for hydroxylation is 1. The van der Waals surface area contributed by atoms with Crippen LogP contribution in [0, 0.1) is 31.3 Å². The summed E-state index contributed by atoms with van der Waals surface area (Å²) in [5, 5.41) is 2.48. The molecule has 0 atom stereocenters. The zero-order valence-corrected chi connectivity index (χ0v) is 11.4. The first-order chi connectivity index (χ1) is 9.82. The number of anilines is 2. The summed E-state index contributed by atoms with van der Waals surface area (Å²) >= 11 is 0. The molecule has 2 aromatic carbocycles. The van der Waals surface area contributed by atoms with E-state index in [2.05, 4.69) is 5.32 Å². The molecule has 3 nitrogen and oxygen atoms in total. The molecular weight excluding hydrogens is 281 g/mol. The predicted octanol–water partition coefficient (Wildman–Crippen LogP) is 3.56. The quantitative estimate of drug-likeness (QED) is 0.657. The lowest BCUT2D eigenvalue weighted by atomic mass is 10.1. The van der Waals surface area contributed by atoms with E-state index in [4.69, 9.17) is 5.73 Å². The second-order valence-corrected chi connectivity index (χ2v) is 4.65. The first-order valence-corrected chi connectivity index (χ1v) is 6.13. The molecule has 110 valence electrons. The predicted molar refractivity (Wildman–Crippen MR) is 74.6 cm³/mol. The van der Waals surface area contributed by atoms with Gasteiger partial charge in [0.15, 0.2) is 17.5 Å². The van der Waals surface area contributed by atoms with E-state index in [1.165, 1.54) is 0 Å². The van der Waals surface area contributed by atoms with Crippen LogP contribution in [0.3, 0.4) is 0 Å². The van der Waals surface area contributed by atoms with Crippen LogP contribution in [-0.4, -0.2) is 5.91 Å². The zero-order valence-electron chi connectivity index (χ0n) is 11.4. The standard InChI is InChI=1S/C15H13F3N2O/c1-7-3-6-11(19)8(2)14(7)20-15(21)9-4-5-10(16)13(18)12(9)17/h3-6H,19H2,1-2H3,(H,20,21). The molecule has 3 N–H and O–H groups in total. The third kappa shape index (κ3) is 2.69. The average Bonchev–Trinajstić information content (AvgIpc) is 2.45. The minimum atomic E-state index is -1.68. The van der Waals surface area contributed by atoms with Crippen LogP contribution in [0.25, 0.3) is 0 Å².